The second kappa shape index (κ2) is 14.0. The Morgan fingerprint density at radius 2 is 1.62 bits per heavy atom. The minimum Gasteiger partial charge on any atom is -0.497 e. The van der Waals surface area contributed by atoms with E-state index in [1.807, 2.05) is 20.8 Å². The van der Waals surface area contributed by atoms with Crippen molar-refractivity contribution in [3.63, 3.8) is 0 Å². The number of nitrogens with zero attached hydrogens (tertiary/aromatic N) is 2. The number of halogens is 3. The molecule has 1 atom stereocenters. The molecule has 0 heterocycles. The summed E-state index contributed by atoms with van der Waals surface area (Å²) < 4.78 is 34.1. The smallest absolute Gasteiger partial charge is 0.264 e. The first-order valence-electron chi connectivity index (χ1n) is 13.1. The second-order valence-electron chi connectivity index (χ2n) is 10.6. The molecule has 0 radical (unpaired) electrons. The zero-order valence-corrected chi connectivity index (χ0v) is 27.1. The Morgan fingerprint density at radius 3 is 2.17 bits per heavy atom. The highest BCUT2D eigenvalue weighted by molar-refractivity contribution is 7.92. The van der Waals surface area contributed by atoms with Crippen LogP contribution < -0.4 is 14.4 Å². The molecule has 1 N–H and O–H groups in total. The van der Waals surface area contributed by atoms with Crippen LogP contribution in [0.15, 0.2) is 71.6 Å². The summed E-state index contributed by atoms with van der Waals surface area (Å²) in [5, 5.41) is 3.85. The van der Waals surface area contributed by atoms with Crippen LogP contribution in [-0.2, 0) is 26.2 Å². The molecule has 0 unspecified atom stereocenters. The van der Waals surface area contributed by atoms with Gasteiger partial charge in [0.25, 0.3) is 10.0 Å². The van der Waals surface area contributed by atoms with Gasteiger partial charge in [-0.05, 0) is 87.4 Å². The Hall–Kier alpha value is -2.98. The highest BCUT2D eigenvalue weighted by atomic mass is 35.5. The van der Waals surface area contributed by atoms with E-state index in [1.165, 1.54) is 42.3 Å². The lowest BCUT2D eigenvalue weighted by Gasteiger charge is -2.34. The normalized spacial score (nSPS) is 12.4. The highest BCUT2D eigenvalue weighted by Gasteiger charge is 2.34. The first-order valence-corrected chi connectivity index (χ1v) is 15.7. The molecule has 0 aliphatic carbocycles. The van der Waals surface area contributed by atoms with E-state index in [9.17, 15) is 18.0 Å². The van der Waals surface area contributed by atoms with Crippen LogP contribution in [0.25, 0.3) is 0 Å². The molecular formula is C30H34Cl3N3O5S. The Labute approximate surface area is 262 Å². The molecule has 0 bridgehead atoms. The monoisotopic (exact) mass is 653 g/mol. The fourth-order valence-electron chi connectivity index (χ4n) is 4.24. The zero-order valence-electron chi connectivity index (χ0n) is 24.0. The average Bonchev–Trinajstić information content (AvgIpc) is 2.92. The van der Waals surface area contributed by atoms with Gasteiger partial charge in [-0.1, -0.05) is 53.9 Å². The lowest BCUT2D eigenvalue weighted by molar-refractivity contribution is -0.141. The van der Waals surface area contributed by atoms with Crippen molar-refractivity contribution in [2.75, 3.05) is 18.0 Å². The fourth-order valence-corrected chi connectivity index (χ4v) is 6.15. The molecule has 3 aromatic rings. The van der Waals surface area contributed by atoms with E-state index >= 15 is 0 Å². The topological polar surface area (TPSA) is 96.0 Å². The predicted octanol–water partition coefficient (Wildman–Crippen LogP) is 6.57. The molecule has 226 valence electrons. The van der Waals surface area contributed by atoms with Gasteiger partial charge < -0.3 is 15.0 Å². The maximum absolute atomic E-state index is 14.1. The number of benzene rings is 3. The Bertz CT molecular complexity index is 1530. The van der Waals surface area contributed by atoms with Crippen molar-refractivity contribution in [3.05, 3.63) is 87.4 Å². The largest absolute Gasteiger partial charge is 0.497 e. The summed E-state index contributed by atoms with van der Waals surface area (Å²) in [7, 11) is -2.78. The van der Waals surface area contributed by atoms with E-state index in [4.69, 9.17) is 39.5 Å². The van der Waals surface area contributed by atoms with E-state index in [2.05, 4.69) is 5.32 Å². The number of carbonyl (C=O) groups excluding carboxylic acids is 2. The minimum absolute atomic E-state index is 0.0161. The Balaban J connectivity index is 2.09. The van der Waals surface area contributed by atoms with Gasteiger partial charge >= 0.3 is 0 Å². The highest BCUT2D eigenvalue weighted by Crippen LogP contribution is 2.29. The van der Waals surface area contributed by atoms with Crippen LogP contribution in [0, 0.1) is 0 Å². The van der Waals surface area contributed by atoms with Crippen LogP contribution in [0.4, 0.5) is 5.69 Å². The zero-order chi connectivity index (χ0) is 31.2. The number of anilines is 1. The average molecular weight is 655 g/mol. The fraction of sp³-hybridized carbons (Fsp3) is 0.333. The standard InChI is InChI=1S/C30H34Cl3N3O5S/c1-6-27(29(38)34-30(2,3)4)35(18-20-10-15-25(32)26(33)16-20)28(37)19-36(22-9-7-8-21(31)17-22)42(39,40)24-13-11-23(41-5)12-14-24/h7-17,27H,6,18-19H2,1-5H3,(H,34,38)/t27-/m1/s1. The Morgan fingerprint density at radius 1 is 0.952 bits per heavy atom. The number of methoxy groups -OCH3 is 1. The molecule has 0 fully saturated rings. The molecule has 3 rings (SSSR count). The molecule has 3 aromatic carbocycles. The Kier molecular flexibility index (Phi) is 11.2. The second-order valence-corrected chi connectivity index (χ2v) is 13.7. The number of hydrogen-bond donors (Lipinski definition) is 1. The van der Waals surface area contributed by atoms with Gasteiger partial charge in [0, 0.05) is 17.1 Å². The molecule has 8 nitrogen and oxygen atoms in total. The molecule has 0 aliphatic heterocycles. The number of amides is 2. The minimum atomic E-state index is -4.26. The van der Waals surface area contributed by atoms with Crippen LogP contribution >= 0.6 is 34.8 Å². The van der Waals surface area contributed by atoms with Crippen molar-refractivity contribution in [3.8, 4) is 5.75 Å². The summed E-state index contributed by atoms with van der Waals surface area (Å²) >= 11 is 18.6. The molecule has 0 aliphatic rings. The molecule has 0 spiro atoms. The summed E-state index contributed by atoms with van der Waals surface area (Å²) in [6.45, 7) is 6.68. The maximum atomic E-state index is 14.1. The molecule has 0 aromatic heterocycles. The number of rotatable bonds is 11. The van der Waals surface area contributed by atoms with Crippen molar-refractivity contribution >= 4 is 62.3 Å². The van der Waals surface area contributed by atoms with Crippen molar-refractivity contribution in [2.24, 2.45) is 0 Å². The van der Waals surface area contributed by atoms with Crippen LogP contribution in [0.3, 0.4) is 0 Å². The molecule has 0 saturated heterocycles. The van der Waals surface area contributed by atoms with Gasteiger partial charge in [0.15, 0.2) is 0 Å². The van der Waals surface area contributed by atoms with Crippen molar-refractivity contribution in [1.82, 2.24) is 10.2 Å². The maximum Gasteiger partial charge on any atom is 0.264 e. The molecular weight excluding hydrogens is 621 g/mol. The van der Waals surface area contributed by atoms with Crippen LogP contribution in [-0.4, -0.2) is 50.4 Å². The lowest BCUT2D eigenvalue weighted by Crippen LogP contribution is -2.55. The van der Waals surface area contributed by atoms with Gasteiger partial charge in [0.1, 0.15) is 18.3 Å². The third-order valence-corrected chi connectivity index (χ3v) is 9.01. The van der Waals surface area contributed by atoms with Gasteiger partial charge in [-0.25, -0.2) is 8.42 Å². The number of nitrogens with one attached hydrogen (secondary N) is 1. The number of hydrogen-bond acceptors (Lipinski definition) is 5. The molecule has 42 heavy (non-hydrogen) atoms. The van der Waals surface area contributed by atoms with Gasteiger partial charge in [-0.3, -0.25) is 13.9 Å². The van der Waals surface area contributed by atoms with E-state index in [0.717, 1.165) is 4.31 Å². The molecule has 12 heteroatoms. The number of sulfonamides is 1. The first-order chi connectivity index (χ1) is 19.7. The summed E-state index contributed by atoms with van der Waals surface area (Å²) in [5.74, 6) is -0.498. The molecule has 0 saturated carbocycles. The van der Waals surface area contributed by atoms with Crippen LogP contribution in [0.5, 0.6) is 5.75 Å². The summed E-state index contributed by atoms with van der Waals surface area (Å²) in [6.07, 6.45) is 0.275. The van der Waals surface area contributed by atoms with Crippen molar-refractivity contribution in [2.45, 2.75) is 57.1 Å². The summed E-state index contributed by atoms with van der Waals surface area (Å²) in [6, 6.07) is 16.1. The summed E-state index contributed by atoms with van der Waals surface area (Å²) in [5.41, 5.74) is 0.244. The third-order valence-electron chi connectivity index (χ3n) is 6.24. The SMILES string of the molecule is CC[C@H](C(=O)NC(C)(C)C)N(Cc1ccc(Cl)c(Cl)c1)C(=O)CN(c1cccc(Cl)c1)S(=O)(=O)c1ccc(OC)cc1. The lowest BCUT2D eigenvalue weighted by atomic mass is 10.1. The first kappa shape index (κ1) is 33.5. The van der Waals surface area contributed by atoms with Gasteiger partial charge in [0.2, 0.25) is 11.8 Å². The number of carbonyl (C=O) groups is 2. The van der Waals surface area contributed by atoms with E-state index < -0.39 is 34.1 Å². The van der Waals surface area contributed by atoms with E-state index in [-0.39, 0.29) is 34.5 Å². The van der Waals surface area contributed by atoms with Gasteiger partial charge in [-0.2, -0.15) is 0 Å². The van der Waals surface area contributed by atoms with E-state index in [1.54, 1.807) is 43.3 Å². The van der Waals surface area contributed by atoms with Crippen molar-refractivity contribution in [1.29, 1.82) is 0 Å². The van der Waals surface area contributed by atoms with Gasteiger partial charge in [0.05, 0.1) is 27.7 Å². The van der Waals surface area contributed by atoms with Gasteiger partial charge in [-0.15, -0.1) is 0 Å². The quantitative estimate of drug-likeness (QED) is 0.252. The van der Waals surface area contributed by atoms with Crippen LogP contribution in [0.1, 0.15) is 39.7 Å². The van der Waals surface area contributed by atoms with E-state index in [0.29, 0.717) is 21.4 Å². The van der Waals surface area contributed by atoms with Crippen LogP contribution in [0.2, 0.25) is 15.1 Å². The molecule has 2 amide bonds. The summed E-state index contributed by atoms with van der Waals surface area (Å²) in [4.78, 5) is 28.9. The van der Waals surface area contributed by atoms with Crippen molar-refractivity contribution < 1.29 is 22.7 Å². The third kappa shape index (κ3) is 8.53. The predicted molar refractivity (Wildman–Crippen MR) is 168 cm³/mol. The number of ether oxygens (including phenoxy) is 1.